The fourth-order valence-corrected chi connectivity index (χ4v) is 4.24. The van der Waals surface area contributed by atoms with Crippen molar-refractivity contribution in [3.05, 3.63) is 34.8 Å². The van der Waals surface area contributed by atoms with Gasteiger partial charge >= 0.3 is 0 Å². The smallest absolute Gasteiger partial charge is 0.247 e. The molecule has 19 heavy (non-hydrogen) atoms. The Labute approximate surface area is 123 Å². The number of halogens is 2. The molecule has 0 aliphatic heterocycles. The van der Waals surface area contributed by atoms with Crippen LogP contribution in [0.5, 0.6) is 0 Å². The van der Waals surface area contributed by atoms with E-state index in [1.807, 2.05) is 0 Å². The van der Waals surface area contributed by atoms with E-state index in [4.69, 9.17) is 28.9 Å². The maximum atomic E-state index is 12.6. The predicted octanol–water partition coefficient (Wildman–Crippen LogP) is 3.16. The molecular formula is C12H16Cl2N2O2S. The standard InChI is InChI=1S/C12H16Cl2N2O2S/c1-4-5-16(8(2)3)19(17,18)12-10(14)6-9(13)7-11(12)15/h4,6-8H,1,5,15H2,2-3H3. The third-order valence-electron chi connectivity index (χ3n) is 2.49. The summed E-state index contributed by atoms with van der Waals surface area (Å²) >= 11 is 11.8. The molecule has 106 valence electrons. The minimum atomic E-state index is -3.79. The van der Waals surface area contributed by atoms with E-state index in [0.717, 1.165) is 0 Å². The summed E-state index contributed by atoms with van der Waals surface area (Å²) < 4.78 is 26.4. The molecule has 0 saturated heterocycles. The molecular weight excluding hydrogens is 307 g/mol. The monoisotopic (exact) mass is 322 g/mol. The Kier molecular flexibility index (Phi) is 5.26. The van der Waals surface area contributed by atoms with Crippen molar-refractivity contribution in [1.82, 2.24) is 4.31 Å². The topological polar surface area (TPSA) is 63.4 Å². The number of hydrogen-bond acceptors (Lipinski definition) is 3. The Hall–Kier alpha value is -0.750. The van der Waals surface area contributed by atoms with Crippen molar-refractivity contribution in [2.45, 2.75) is 24.8 Å². The van der Waals surface area contributed by atoms with Gasteiger partial charge < -0.3 is 5.73 Å². The molecule has 0 aliphatic rings. The fraction of sp³-hybridized carbons (Fsp3) is 0.333. The Morgan fingerprint density at radius 2 is 2.00 bits per heavy atom. The van der Waals surface area contributed by atoms with Crippen LogP contribution in [0.3, 0.4) is 0 Å². The van der Waals surface area contributed by atoms with Crippen LogP contribution >= 0.6 is 23.2 Å². The van der Waals surface area contributed by atoms with Crippen molar-refractivity contribution in [1.29, 1.82) is 0 Å². The van der Waals surface area contributed by atoms with Gasteiger partial charge in [0.15, 0.2) is 0 Å². The molecule has 1 rings (SSSR count). The summed E-state index contributed by atoms with van der Waals surface area (Å²) in [5.41, 5.74) is 5.78. The number of nitrogens with zero attached hydrogens (tertiary/aromatic N) is 1. The number of rotatable bonds is 5. The third kappa shape index (κ3) is 3.42. The molecule has 0 spiro atoms. The maximum Gasteiger partial charge on any atom is 0.247 e. The molecule has 0 saturated carbocycles. The van der Waals surface area contributed by atoms with Crippen LogP contribution in [0.4, 0.5) is 5.69 Å². The molecule has 0 aromatic heterocycles. The highest BCUT2D eigenvalue weighted by Crippen LogP contribution is 2.33. The Morgan fingerprint density at radius 3 is 2.42 bits per heavy atom. The molecule has 1 aromatic carbocycles. The van der Waals surface area contributed by atoms with Crippen LogP contribution in [0.2, 0.25) is 10.0 Å². The van der Waals surface area contributed by atoms with Gasteiger partial charge in [-0.25, -0.2) is 8.42 Å². The first-order chi connectivity index (χ1) is 8.71. The lowest BCUT2D eigenvalue weighted by molar-refractivity contribution is 0.383. The lowest BCUT2D eigenvalue weighted by Gasteiger charge is -2.25. The van der Waals surface area contributed by atoms with Crippen LogP contribution in [-0.2, 0) is 10.0 Å². The summed E-state index contributed by atoms with van der Waals surface area (Å²) in [6.07, 6.45) is 1.51. The average Bonchev–Trinajstić information content (AvgIpc) is 2.22. The molecule has 0 fully saturated rings. The van der Waals surface area contributed by atoms with Crippen molar-refractivity contribution in [2.75, 3.05) is 12.3 Å². The van der Waals surface area contributed by atoms with Crippen molar-refractivity contribution in [3.63, 3.8) is 0 Å². The number of benzene rings is 1. The van der Waals surface area contributed by atoms with Crippen molar-refractivity contribution >= 4 is 38.9 Å². The van der Waals surface area contributed by atoms with Gasteiger partial charge in [-0.05, 0) is 26.0 Å². The lowest BCUT2D eigenvalue weighted by Crippen LogP contribution is -2.37. The fourth-order valence-electron chi connectivity index (χ4n) is 1.68. The summed E-state index contributed by atoms with van der Waals surface area (Å²) in [4.78, 5) is -0.117. The van der Waals surface area contributed by atoms with Crippen molar-refractivity contribution in [2.24, 2.45) is 0 Å². The van der Waals surface area contributed by atoms with E-state index in [1.54, 1.807) is 13.8 Å². The summed E-state index contributed by atoms with van der Waals surface area (Å²) in [7, 11) is -3.79. The number of hydrogen-bond donors (Lipinski definition) is 1. The first kappa shape index (κ1) is 16.3. The van der Waals surface area contributed by atoms with Crippen LogP contribution in [-0.4, -0.2) is 25.3 Å². The highest BCUT2D eigenvalue weighted by Gasteiger charge is 2.30. The van der Waals surface area contributed by atoms with Crippen LogP contribution in [0.25, 0.3) is 0 Å². The highest BCUT2D eigenvalue weighted by atomic mass is 35.5. The number of anilines is 1. The normalized spacial score (nSPS) is 12.1. The quantitative estimate of drug-likeness (QED) is 0.669. The zero-order valence-corrected chi connectivity index (χ0v) is 13.1. The number of nitrogen functional groups attached to an aromatic ring is 1. The molecule has 1 aromatic rings. The van der Waals surface area contributed by atoms with Crippen molar-refractivity contribution < 1.29 is 8.42 Å². The summed E-state index contributed by atoms with van der Waals surface area (Å²) in [6, 6.07) is 2.49. The molecule has 2 N–H and O–H groups in total. The zero-order valence-electron chi connectivity index (χ0n) is 10.7. The number of nitrogens with two attached hydrogens (primary N) is 1. The lowest BCUT2D eigenvalue weighted by atomic mass is 10.3. The van der Waals surface area contributed by atoms with Gasteiger partial charge in [-0.2, -0.15) is 4.31 Å². The van der Waals surface area contributed by atoms with Gasteiger partial charge in [0, 0.05) is 17.6 Å². The minimum absolute atomic E-state index is 0.0136. The summed E-state index contributed by atoms with van der Waals surface area (Å²) in [5, 5.41) is 0.306. The van der Waals surface area contributed by atoms with E-state index >= 15 is 0 Å². The molecule has 0 heterocycles. The SMILES string of the molecule is C=CCN(C(C)C)S(=O)(=O)c1c(N)cc(Cl)cc1Cl. The zero-order chi connectivity index (χ0) is 14.8. The summed E-state index contributed by atoms with van der Waals surface area (Å²) in [5.74, 6) is 0. The summed E-state index contributed by atoms with van der Waals surface area (Å²) in [6.45, 7) is 7.27. The first-order valence-corrected chi connectivity index (χ1v) is 7.78. The largest absolute Gasteiger partial charge is 0.398 e. The van der Waals surface area contributed by atoms with E-state index in [-0.39, 0.29) is 28.2 Å². The Balaban J connectivity index is 3.46. The van der Waals surface area contributed by atoms with E-state index in [1.165, 1.54) is 22.5 Å². The highest BCUT2D eigenvalue weighted by molar-refractivity contribution is 7.89. The average molecular weight is 323 g/mol. The molecule has 0 radical (unpaired) electrons. The van der Waals surface area contributed by atoms with Crippen LogP contribution < -0.4 is 5.73 Å². The van der Waals surface area contributed by atoms with Gasteiger partial charge in [0.25, 0.3) is 0 Å². The van der Waals surface area contributed by atoms with Crippen LogP contribution in [0, 0.1) is 0 Å². The molecule has 0 bridgehead atoms. The van der Waals surface area contributed by atoms with Crippen LogP contribution in [0.15, 0.2) is 29.7 Å². The molecule has 0 unspecified atom stereocenters. The van der Waals surface area contributed by atoms with Gasteiger partial charge in [-0.3, -0.25) is 0 Å². The van der Waals surface area contributed by atoms with Crippen molar-refractivity contribution in [3.8, 4) is 0 Å². The van der Waals surface area contributed by atoms with Gasteiger partial charge in [-0.1, -0.05) is 29.3 Å². The second kappa shape index (κ2) is 6.13. The molecule has 0 amide bonds. The van der Waals surface area contributed by atoms with Gasteiger partial charge in [0.05, 0.1) is 10.7 Å². The van der Waals surface area contributed by atoms with E-state index in [2.05, 4.69) is 6.58 Å². The predicted molar refractivity (Wildman–Crippen MR) is 80.1 cm³/mol. The van der Waals surface area contributed by atoms with E-state index < -0.39 is 10.0 Å². The Morgan fingerprint density at radius 1 is 1.42 bits per heavy atom. The van der Waals surface area contributed by atoms with E-state index in [0.29, 0.717) is 5.02 Å². The molecule has 0 aliphatic carbocycles. The van der Waals surface area contributed by atoms with Gasteiger partial charge in [0.1, 0.15) is 4.90 Å². The van der Waals surface area contributed by atoms with Gasteiger partial charge in [-0.15, -0.1) is 6.58 Å². The molecule has 4 nitrogen and oxygen atoms in total. The first-order valence-electron chi connectivity index (χ1n) is 5.59. The molecule has 0 atom stereocenters. The third-order valence-corrected chi connectivity index (χ3v) is 5.28. The van der Waals surface area contributed by atoms with Gasteiger partial charge in [0.2, 0.25) is 10.0 Å². The maximum absolute atomic E-state index is 12.6. The Bertz CT molecular complexity index is 562. The van der Waals surface area contributed by atoms with E-state index in [9.17, 15) is 8.42 Å². The molecule has 7 heteroatoms. The number of sulfonamides is 1. The van der Waals surface area contributed by atoms with Crippen LogP contribution in [0.1, 0.15) is 13.8 Å². The second-order valence-electron chi connectivity index (χ2n) is 4.26. The second-order valence-corrected chi connectivity index (χ2v) is 6.93. The minimum Gasteiger partial charge on any atom is -0.398 e.